The molecule has 8 heteroatoms. The SMILES string of the molecule is c1ccc(-c2ccc(-c3cc(Nc4ccc5c(c4)c4ccccc4n5-c4ccccc4)cc4c3sc3ccccc34)cc2)cc1.c1ccc(Nc2cc(-c3ccc4ccccc4c3)c3oc4ccccc4c3c2)cc1.c1ccc2c(-c3cc(Nc4ccc(-c5cccc6sc7ccccc7c56)cc4)cc4c3sc3ccccc34)cccc2c1. The van der Waals surface area contributed by atoms with Crippen LogP contribution in [0.2, 0.25) is 0 Å². The van der Waals surface area contributed by atoms with Crippen molar-refractivity contribution in [3.8, 4) is 61.3 Å². The minimum Gasteiger partial charge on any atom is -0.455 e. The molecular formula is C110H72N4OS3. The molecule has 5 nitrogen and oxygen atoms in total. The van der Waals surface area contributed by atoms with Crippen LogP contribution in [0.25, 0.3) is 187 Å². The third kappa shape index (κ3) is 13.0. The van der Waals surface area contributed by atoms with Crippen LogP contribution >= 0.6 is 34.0 Å². The van der Waals surface area contributed by atoms with Crippen molar-refractivity contribution in [1.29, 1.82) is 0 Å². The largest absolute Gasteiger partial charge is 0.455 e. The van der Waals surface area contributed by atoms with Crippen molar-refractivity contribution in [3.05, 3.63) is 419 Å². The van der Waals surface area contributed by atoms with Gasteiger partial charge in [-0.1, -0.05) is 285 Å². The van der Waals surface area contributed by atoms with Crippen LogP contribution in [0.1, 0.15) is 0 Å². The van der Waals surface area contributed by atoms with E-state index >= 15 is 0 Å². The number of para-hydroxylation sites is 4. The molecular weight excluding hydrogens is 1490 g/mol. The molecule has 19 aromatic carbocycles. The number of nitrogens with zero attached hydrogens (tertiary/aromatic N) is 1. The van der Waals surface area contributed by atoms with Gasteiger partial charge in [0.25, 0.3) is 0 Å². The van der Waals surface area contributed by atoms with Gasteiger partial charge >= 0.3 is 0 Å². The Morgan fingerprint density at radius 2 is 0.669 bits per heavy atom. The molecule has 24 aromatic rings. The van der Waals surface area contributed by atoms with E-state index in [1.54, 1.807) is 0 Å². The average Bonchev–Trinajstić information content (AvgIpc) is 1.59. The van der Waals surface area contributed by atoms with Crippen molar-refractivity contribution in [2.45, 2.75) is 0 Å². The third-order valence-corrected chi connectivity index (χ3v) is 26.4. The lowest BCUT2D eigenvalue weighted by Gasteiger charge is -2.13. The normalized spacial score (nSPS) is 11.6. The number of nitrogens with one attached hydrogen (secondary N) is 3. The zero-order valence-corrected chi connectivity index (χ0v) is 66.4. The highest BCUT2D eigenvalue weighted by molar-refractivity contribution is 7.27. The summed E-state index contributed by atoms with van der Waals surface area (Å²) in [6.07, 6.45) is 0. The first-order valence-corrected chi connectivity index (χ1v) is 42.3. The highest BCUT2D eigenvalue weighted by Gasteiger charge is 2.21. The summed E-state index contributed by atoms with van der Waals surface area (Å²) < 4.78 is 16.6. The van der Waals surface area contributed by atoms with Crippen molar-refractivity contribution < 1.29 is 4.42 Å². The van der Waals surface area contributed by atoms with Gasteiger partial charge in [0.1, 0.15) is 11.2 Å². The van der Waals surface area contributed by atoms with Gasteiger partial charge in [-0.15, -0.1) is 34.0 Å². The van der Waals surface area contributed by atoms with Crippen molar-refractivity contribution in [2.24, 2.45) is 0 Å². The quantitative estimate of drug-likeness (QED) is 0.114. The molecule has 0 atom stereocenters. The fourth-order valence-electron chi connectivity index (χ4n) is 17.3. The predicted octanol–water partition coefficient (Wildman–Crippen LogP) is 33.0. The van der Waals surface area contributed by atoms with E-state index in [0.29, 0.717) is 0 Å². The molecule has 0 aliphatic rings. The molecule has 0 aliphatic heterocycles. The van der Waals surface area contributed by atoms with E-state index in [4.69, 9.17) is 4.42 Å². The van der Waals surface area contributed by atoms with Crippen molar-refractivity contribution in [3.63, 3.8) is 0 Å². The van der Waals surface area contributed by atoms with Crippen LogP contribution < -0.4 is 16.0 Å². The van der Waals surface area contributed by atoms with E-state index < -0.39 is 0 Å². The van der Waals surface area contributed by atoms with E-state index in [9.17, 15) is 0 Å². The van der Waals surface area contributed by atoms with Crippen LogP contribution in [0.3, 0.4) is 0 Å². The lowest BCUT2D eigenvalue weighted by Crippen LogP contribution is -1.94. The summed E-state index contributed by atoms with van der Waals surface area (Å²) in [5.74, 6) is 0. The van der Waals surface area contributed by atoms with Crippen LogP contribution in [-0.2, 0) is 0 Å². The summed E-state index contributed by atoms with van der Waals surface area (Å²) in [6.45, 7) is 0. The second kappa shape index (κ2) is 30.0. The van der Waals surface area contributed by atoms with Gasteiger partial charge in [0.15, 0.2) is 0 Å². The Hall–Kier alpha value is -14.6. The minimum absolute atomic E-state index is 0.909. The second-order valence-corrected chi connectivity index (χ2v) is 33.2. The first-order valence-electron chi connectivity index (χ1n) is 39.9. The number of anilines is 6. The molecule has 0 unspecified atom stereocenters. The molecule has 24 rings (SSSR count). The van der Waals surface area contributed by atoms with E-state index in [1.807, 2.05) is 64.3 Å². The Morgan fingerprint density at radius 1 is 0.212 bits per heavy atom. The van der Waals surface area contributed by atoms with Gasteiger partial charge in [0, 0.05) is 139 Å². The number of aromatic nitrogens is 1. The van der Waals surface area contributed by atoms with Gasteiger partial charge in [0.05, 0.1) is 11.0 Å². The van der Waals surface area contributed by atoms with Gasteiger partial charge in [-0.3, -0.25) is 0 Å². The molecule has 3 N–H and O–H groups in total. The third-order valence-electron chi connectivity index (χ3n) is 22.8. The van der Waals surface area contributed by atoms with E-state index in [0.717, 1.165) is 67.2 Å². The van der Waals surface area contributed by atoms with Crippen LogP contribution in [0, 0.1) is 0 Å². The first-order chi connectivity index (χ1) is 58.4. The zero-order valence-electron chi connectivity index (χ0n) is 63.9. The Labute approximate surface area is 693 Å². The standard InChI is InChI=1S/C42H28N2S.C40H25NS2.C28H19NO/c1-3-11-28(12-4-1)29-19-21-30(22-20-29)36-26-32(27-38-35-16-8-10-18-41(35)45-42(36)38)43-31-23-24-40-37(25-31)34-15-7-9-17-39(34)44(40)33-13-5-2-6-14-33;1-2-11-29-25(9-1)10-7-15-31(29)34-23-28(24-35-32-12-3-5-16-36(32)43-40(34)35)41-27-21-19-26(20-22-27)30-14-8-18-38-39(30)33-13-4-6-17-37(33)42-38;1-2-10-22(11-3-1)29-23-17-25(21-15-14-19-8-4-5-9-20(19)16-21)28-26(18-23)24-12-6-7-13-27(24)30-28/h1-27,43H;1-24,41H;1-18,29H. The zero-order chi connectivity index (χ0) is 78.0. The summed E-state index contributed by atoms with van der Waals surface area (Å²) in [4.78, 5) is 0. The molecule has 5 aromatic heterocycles. The van der Waals surface area contributed by atoms with E-state index in [1.165, 1.54) is 154 Å². The molecule has 0 saturated carbocycles. The number of fused-ring (bicyclic) bond motifs is 17. The van der Waals surface area contributed by atoms with E-state index in [2.05, 4.69) is 409 Å². The lowest BCUT2D eigenvalue weighted by atomic mass is 9.96. The fraction of sp³-hybridized carbons (Fsp3) is 0. The number of thiophene rings is 3. The van der Waals surface area contributed by atoms with Gasteiger partial charge in [-0.2, -0.15) is 0 Å². The summed E-state index contributed by atoms with van der Waals surface area (Å²) >= 11 is 5.62. The van der Waals surface area contributed by atoms with Gasteiger partial charge in [-0.25, -0.2) is 0 Å². The molecule has 0 bridgehead atoms. The van der Waals surface area contributed by atoms with Crippen LogP contribution in [0.4, 0.5) is 34.1 Å². The Kier molecular flexibility index (Phi) is 17.8. The van der Waals surface area contributed by atoms with Crippen LogP contribution in [0.5, 0.6) is 0 Å². The highest BCUT2D eigenvalue weighted by Crippen LogP contribution is 2.48. The van der Waals surface area contributed by atoms with Gasteiger partial charge in [0.2, 0.25) is 0 Å². The Balaban J connectivity index is 0.000000109. The maximum atomic E-state index is 6.33. The monoisotopic (exact) mass is 1560 g/mol. The minimum atomic E-state index is 0.909. The molecule has 5 heterocycles. The van der Waals surface area contributed by atoms with E-state index in [-0.39, 0.29) is 0 Å². The maximum Gasteiger partial charge on any atom is 0.143 e. The fourth-order valence-corrected chi connectivity index (χ4v) is 20.9. The number of rotatable bonds is 12. The Bertz CT molecular complexity index is 7950. The summed E-state index contributed by atoms with van der Waals surface area (Å²) in [7, 11) is 0. The van der Waals surface area contributed by atoms with Crippen molar-refractivity contribution in [2.75, 3.05) is 16.0 Å². The number of furan rings is 1. The molecule has 0 amide bonds. The molecule has 0 aliphatic carbocycles. The van der Waals surface area contributed by atoms with Crippen LogP contribution in [-0.4, -0.2) is 4.57 Å². The first kappa shape index (κ1) is 70.0. The van der Waals surface area contributed by atoms with Crippen LogP contribution in [0.15, 0.2) is 423 Å². The van der Waals surface area contributed by atoms with Gasteiger partial charge < -0.3 is 24.9 Å². The highest BCUT2D eigenvalue weighted by atomic mass is 32.1. The molecule has 0 spiro atoms. The molecule has 0 saturated heterocycles. The average molecular weight is 1560 g/mol. The van der Waals surface area contributed by atoms with Crippen molar-refractivity contribution in [1.82, 2.24) is 4.57 Å². The second-order valence-electron chi connectivity index (χ2n) is 30.0. The summed E-state index contributed by atoms with van der Waals surface area (Å²) in [5, 5.41) is 28.7. The summed E-state index contributed by atoms with van der Waals surface area (Å²) in [6, 6.07) is 150. The summed E-state index contributed by atoms with van der Waals surface area (Å²) in [5.41, 5.74) is 24.1. The molecule has 118 heavy (non-hydrogen) atoms. The lowest BCUT2D eigenvalue weighted by molar-refractivity contribution is 0.670. The van der Waals surface area contributed by atoms with Gasteiger partial charge in [-0.05, 0) is 194 Å². The molecule has 0 radical (unpaired) electrons. The topological polar surface area (TPSA) is 54.2 Å². The maximum absolute atomic E-state index is 6.33. The number of hydrogen-bond acceptors (Lipinski definition) is 7. The number of hydrogen-bond donors (Lipinski definition) is 3. The molecule has 556 valence electrons. The molecule has 0 fully saturated rings. The van der Waals surface area contributed by atoms with Crippen molar-refractivity contribution >= 4 is 194 Å². The predicted molar refractivity (Wildman–Crippen MR) is 511 cm³/mol. The number of benzene rings is 19. The Morgan fingerprint density at radius 3 is 1.40 bits per heavy atom. The smallest absolute Gasteiger partial charge is 0.143 e.